The van der Waals surface area contributed by atoms with Crippen LogP contribution in [0.5, 0.6) is 0 Å². The molecule has 8 nitrogen and oxygen atoms in total. The van der Waals surface area contributed by atoms with Gasteiger partial charge in [-0.1, -0.05) is 84.9 Å². The number of halogens is 6. The molecule has 0 saturated heterocycles. The third-order valence-electron chi connectivity index (χ3n) is 13.6. The highest BCUT2D eigenvalue weighted by molar-refractivity contribution is 6.04. The maximum atomic E-state index is 15.0. The molecule has 2 heterocycles. The summed E-state index contributed by atoms with van der Waals surface area (Å²) in [6.45, 7) is 1.98. The van der Waals surface area contributed by atoms with Crippen molar-refractivity contribution in [3.63, 3.8) is 0 Å². The molecule has 3 aliphatic carbocycles. The fourth-order valence-corrected chi connectivity index (χ4v) is 10.0. The Labute approximate surface area is 366 Å². The molecule has 326 valence electrons. The molecule has 65 heavy (non-hydrogen) atoms. The first kappa shape index (κ1) is 40.5. The zero-order chi connectivity index (χ0) is 45.3. The van der Waals surface area contributed by atoms with Gasteiger partial charge in [0.15, 0.2) is 0 Å². The van der Waals surface area contributed by atoms with Gasteiger partial charge in [-0.15, -0.1) is 0 Å². The Bertz CT molecular complexity index is 3280. The summed E-state index contributed by atoms with van der Waals surface area (Å²) >= 11 is 0. The third kappa shape index (κ3) is 7.02. The van der Waals surface area contributed by atoms with Gasteiger partial charge in [-0.25, -0.2) is 9.97 Å². The number of hydrogen-bond donors (Lipinski definition) is 4. The molecule has 6 aromatic carbocycles. The van der Waals surface area contributed by atoms with Gasteiger partial charge in [-0.05, 0) is 107 Å². The van der Waals surface area contributed by atoms with Crippen molar-refractivity contribution < 1.29 is 46.1 Å². The predicted octanol–water partition coefficient (Wildman–Crippen LogP) is 12.4. The summed E-state index contributed by atoms with van der Waals surface area (Å²) in [5.41, 5.74) is 5.39. The van der Waals surface area contributed by atoms with E-state index in [0.717, 1.165) is 56.6 Å². The van der Waals surface area contributed by atoms with Gasteiger partial charge >= 0.3 is 24.3 Å². The largest absolute Gasteiger partial charge is 0.481 e. The molecular weight excluding hydrogens is 847 g/mol. The average molecular weight is 883 g/mol. The van der Waals surface area contributed by atoms with Crippen molar-refractivity contribution in [2.45, 2.75) is 44.5 Å². The quantitative estimate of drug-likeness (QED) is 0.107. The number of nitrogens with zero attached hydrogens (tertiary/aromatic N) is 2. The third-order valence-corrected chi connectivity index (χ3v) is 13.6. The molecule has 2 fully saturated rings. The van der Waals surface area contributed by atoms with E-state index in [2.05, 4.69) is 26.0 Å². The maximum absolute atomic E-state index is 15.0. The first-order chi connectivity index (χ1) is 31.0. The molecule has 11 rings (SSSR count). The summed E-state index contributed by atoms with van der Waals surface area (Å²) < 4.78 is 88.6. The minimum atomic E-state index is -4.97. The number of H-pyrrole nitrogens is 2. The second-order valence-electron chi connectivity index (χ2n) is 17.6. The Morgan fingerprint density at radius 1 is 0.692 bits per heavy atom. The molecular formula is C51H36F6N4O4. The molecule has 14 heteroatoms. The second kappa shape index (κ2) is 14.4. The van der Waals surface area contributed by atoms with Crippen molar-refractivity contribution in [2.24, 2.45) is 23.7 Å². The summed E-state index contributed by atoms with van der Waals surface area (Å²) in [6, 6.07) is 29.8. The van der Waals surface area contributed by atoms with Gasteiger partial charge in [0.2, 0.25) is 0 Å². The topological polar surface area (TPSA) is 132 Å². The summed E-state index contributed by atoms with van der Waals surface area (Å²) in [7, 11) is 0. The maximum Gasteiger partial charge on any atom is 0.417 e. The zero-order valence-corrected chi connectivity index (χ0v) is 34.3. The summed E-state index contributed by atoms with van der Waals surface area (Å²) in [5, 5.41) is 18.9. The minimum Gasteiger partial charge on any atom is -0.481 e. The van der Waals surface area contributed by atoms with Crippen molar-refractivity contribution >= 4 is 34.0 Å². The molecule has 4 N–H and O–H groups in total. The lowest BCUT2D eigenvalue weighted by Gasteiger charge is -2.16. The molecule has 3 unspecified atom stereocenters. The first-order valence-electron chi connectivity index (χ1n) is 21.1. The van der Waals surface area contributed by atoms with Crippen LogP contribution in [0.25, 0.3) is 78.2 Å². The fourth-order valence-electron chi connectivity index (χ4n) is 10.0. The number of nitrogens with one attached hydrogen (secondary N) is 2. The van der Waals surface area contributed by atoms with E-state index in [1.807, 2.05) is 61.5 Å². The van der Waals surface area contributed by atoms with Gasteiger partial charge in [0.1, 0.15) is 11.6 Å². The van der Waals surface area contributed by atoms with Crippen LogP contribution in [-0.2, 0) is 34.8 Å². The molecule has 3 aliphatic rings. The van der Waals surface area contributed by atoms with Gasteiger partial charge in [-0.2, -0.15) is 26.3 Å². The highest BCUT2D eigenvalue weighted by Gasteiger charge is 2.59. The van der Waals surface area contributed by atoms with E-state index in [4.69, 9.17) is 0 Å². The number of fused-ring (bicyclic) bond motifs is 5. The Morgan fingerprint density at radius 3 is 1.95 bits per heavy atom. The molecule has 2 saturated carbocycles. The van der Waals surface area contributed by atoms with Crippen LogP contribution in [-0.4, -0.2) is 42.1 Å². The van der Waals surface area contributed by atoms with E-state index in [9.17, 15) is 46.1 Å². The number of aliphatic carboxylic acids is 2. The normalized spacial score (nSPS) is 20.0. The lowest BCUT2D eigenvalue weighted by atomic mass is 9.94. The highest BCUT2D eigenvalue weighted by atomic mass is 19.4. The molecule has 0 aliphatic heterocycles. The summed E-state index contributed by atoms with van der Waals surface area (Å²) in [6.07, 6.45) is -7.90. The standard InChI is InChI=1S/C51H36F6N4O4/c1-23-2-3-28(16-30(23)18-32-19-35(32)48(62)63)24-4-10-27(11-5-24)47-59-40-22-33(50(52,53)54)21-37(44(40)60-47)42-38(51(55,56)57)14-15-39-45(42)61-46(58-39)26-8-6-25(7-9-26)29-12-13-34-31(17-29)20-36-41(34)43(36)49(64)65/h2-17,21-22,32,35-36,41,43H,18-20H2,1H3,(H,58,61)(H,59,60)(H,62,63)(H,64,65)/t32-,35-,36?,41?,43?/m1/s1. The van der Waals surface area contributed by atoms with Gasteiger partial charge in [0.05, 0.1) is 45.0 Å². The lowest BCUT2D eigenvalue weighted by molar-refractivity contribution is -0.139. The van der Waals surface area contributed by atoms with Crippen molar-refractivity contribution in [1.29, 1.82) is 0 Å². The molecule has 0 bridgehead atoms. The van der Waals surface area contributed by atoms with Crippen LogP contribution in [0.3, 0.4) is 0 Å². The van der Waals surface area contributed by atoms with E-state index in [1.54, 1.807) is 24.3 Å². The van der Waals surface area contributed by atoms with Gasteiger partial charge < -0.3 is 20.2 Å². The zero-order valence-electron chi connectivity index (χ0n) is 34.3. The van der Waals surface area contributed by atoms with E-state index >= 15 is 0 Å². The number of imidazole rings is 2. The number of aromatic nitrogens is 4. The van der Waals surface area contributed by atoms with E-state index < -0.39 is 41.0 Å². The predicted molar refractivity (Wildman–Crippen MR) is 232 cm³/mol. The monoisotopic (exact) mass is 882 g/mol. The van der Waals surface area contributed by atoms with Crippen LogP contribution in [0.1, 0.15) is 45.7 Å². The second-order valence-corrected chi connectivity index (χ2v) is 17.6. The molecule has 0 radical (unpaired) electrons. The van der Waals surface area contributed by atoms with E-state index in [-0.39, 0.29) is 68.9 Å². The minimum absolute atomic E-state index is 0.0466. The number of hydrogen-bond acceptors (Lipinski definition) is 4. The molecule has 0 amide bonds. The van der Waals surface area contributed by atoms with Crippen LogP contribution in [0.2, 0.25) is 0 Å². The molecule has 8 aromatic rings. The number of carboxylic acid groups (broad SMARTS) is 2. The van der Waals surface area contributed by atoms with Gasteiger partial charge in [-0.3, -0.25) is 9.59 Å². The Kier molecular flexibility index (Phi) is 8.98. The van der Waals surface area contributed by atoms with E-state index in [0.29, 0.717) is 36.5 Å². The van der Waals surface area contributed by atoms with Gasteiger partial charge in [0, 0.05) is 28.2 Å². The highest BCUT2D eigenvalue weighted by Crippen LogP contribution is 2.61. The number of benzene rings is 6. The number of carboxylic acids is 2. The average Bonchev–Trinajstić information content (AvgIpc) is 4.00. The number of carbonyl (C=O) groups is 2. The summed E-state index contributed by atoms with van der Waals surface area (Å²) in [4.78, 5) is 38.2. The SMILES string of the molecule is Cc1ccc(-c2ccc(-c3nc4c(-c5c(C(F)(F)F)ccc6nc(-c7ccc(-c8ccc9c(c8)CC8C(C(=O)O)C98)cc7)[nH]c56)cc(C(F)(F)F)cc4[nH]3)cc2)cc1C[C@@H]1C[C@H]1C(=O)O. The lowest BCUT2D eigenvalue weighted by Crippen LogP contribution is -2.09. The van der Waals surface area contributed by atoms with Crippen LogP contribution in [0, 0.1) is 30.6 Å². The Morgan fingerprint density at radius 2 is 1.32 bits per heavy atom. The number of aromatic amines is 2. The van der Waals surface area contributed by atoms with Crippen LogP contribution in [0.15, 0.2) is 109 Å². The Hall–Kier alpha value is -7.22. The number of rotatable bonds is 9. The summed E-state index contributed by atoms with van der Waals surface area (Å²) in [5.74, 6) is -1.62. The molecule has 2 aromatic heterocycles. The van der Waals surface area contributed by atoms with Crippen LogP contribution < -0.4 is 0 Å². The van der Waals surface area contributed by atoms with Crippen molar-refractivity contribution in [2.75, 3.05) is 0 Å². The van der Waals surface area contributed by atoms with Crippen LogP contribution in [0.4, 0.5) is 26.3 Å². The first-order valence-corrected chi connectivity index (χ1v) is 21.1. The van der Waals surface area contributed by atoms with E-state index in [1.165, 1.54) is 6.07 Å². The number of aryl methyl sites for hydroxylation is 1. The van der Waals surface area contributed by atoms with Crippen LogP contribution >= 0.6 is 0 Å². The number of alkyl halides is 6. The molecule has 5 atom stereocenters. The van der Waals surface area contributed by atoms with Gasteiger partial charge in [0.25, 0.3) is 0 Å². The smallest absolute Gasteiger partial charge is 0.417 e. The van der Waals surface area contributed by atoms with Crippen molar-refractivity contribution in [3.8, 4) is 56.2 Å². The van der Waals surface area contributed by atoms with Crippen molar-refractivity contribution in [3.05, 3.63) is 143 Å². The molecule has 0 spiro atoms. The Balaban J connectivity index is 0.949. The van der Waals surface area contributed by atoms with Crippen molar-refractivity contribution in [1.82, 2.24) is 19.9 Å². The fraction of sp³-hybridized carbons (Fsp3) is 0.216.